The molecule has 0 atom stereocenters. The lowest BCUT2D eigenvalue weighted by molar-refractivity contribution is 0.384. The van der Waals surface area contributed by atoms with E-state index in [1.54, 1.807) is 25.6 Å². The van der Waals surface area contributed by atoms with Crippen LogP contribution in [0.1, 0.15) is 11.3 Å². The van der Waals surface area contributed by atoms with Crippen molar-refractivity contribution in [3.8, 4) is 11.5 Å². The zero-order valence-corrected chi connectivity index (χ0v) is 21.3. The normalized spacial score (nSPS) is 15.0. The van der Waals surface area contributed by atoms with Crippen LogP contribution in [0.15, 0.2) is 46.7 Å². The zero-order chi connectivity index (χ0) is 23.6. The molecule has 1 aromatic heterocycles. The van der Waals surface area contributed by atoms with Gasteiger partial charge in [0.25, 0.3) is 0 Å². The van der Waals surface area contributed by atoms with Crippen molar-refractivity contribution in [2.45, 2.75) is 11.3 Å². The SMILES string of the molecule is COc1cc(Cc2csc(N3CCN(S(=O)(=O)c4ccc(Cl)c(Cl)c4)CC3)n2)cc(OC)c1. The minimum atomic E-state index is -3.63. The fraction of sp³-hybridized carbons (Fsp3) is 0.318. The lowest BCUT2D eigenvalue weighted by Gasteiger charge is -2.33. The van der Waals surface area contributed by atoms with Gasteiger partial charge in [0.05, 0.1) is 34.9 Å². The maximum absolute atomic E-state index is 13.0. The van der Waals surface area contributed by atoms with Crippen LogP contribution < -0.4 is 14.4 Å². The summed E-state index contributed by atoms with van der Waals surface area (Å²) in [7, 11) is -0.381. The van der Waals surface area contributed by atoms with E-state index in [4.69, 9.17) is 37.7 Å². The number of halogens is 2. The standard InChI is InChI=1S/C22H23Cl2N3O4S2/c1-30-17-10-15(11-18(12-17)31-2)9-16-14-32-22(25-16)26-5-7-27(8-6-26)33(28,29)19-3-4-20(23)21(24)13-19/h3-4,10-14H,5-9H2,1-2H3. The molecule has 2 heterocycles. The zero-order valence-electron chi connectivity index (χ0n) is 18.1. The molecule has 0 spiro atoms. The van der Waals surface area contributed by atoms with Crippen LogP contribution in [0.25, 0.3) is 0 Å². The Morgan fingerprint density at radius 2 is 1.64 bits per heavy atom. The fourth-order valence-corrected chi connectivity index (χ4v) is 6.30. The number of nitrogens with zero attached hydrogens (tertiary/aromatic N) is 3. The van der Waals surface area contributed by atoms with Gasteiger partial charge in [-0.2, -0.15) is 4.31 Å². The third-order valence-electron chi connectivity index (χ3n) is 5.37. The van der Waals surface area contributed by atoms with E-state index in [1.165, 1.54) is 22.5 Å². The summed E-state index contributed by atoms with van der Waals surface area (Å²) in [4.78, 5) is 7.03. The van der Waals surface area contributed by atoms with Gasteiger partial charge in [0.15, 0.2) is 5.13 Å². The van der Waals surface area contributed by atoms with E-state index in [2.05, 4.69) is 4.90 Å². The lowest BCUT2D eigenvalue weighted by Crippen LogP contribution is -2.48. The third-order valence-corrected chi connectivity index (χ3v) is 8.96. The summed E-state index contributed by atoms with van der Waals surface area (Å²) in [6.07, 6.45) is 0.649. The highest BCUT2D eigenvalue weighted by Gasteiger charge is 2.29. The number of sulfonamides is 1. The molecule has 1 aliphatic heterocycles. The van der Waals surface area contributed by atoms with Gasteiger partial charge >= 0.3 is 0 Å². The topological polar surface area (TPSA) is 72.0 Å². The molecule has 0 saturated carbocycles. The molecule has 0 radical (unpaired) electrons. The Hall–Kier alpha value is -2.04. The smallest absolute Gasteiger partial charge is 0.243 e. The molecule has 11 heteroatoms. The molecule has 4 rings (SSSR count). The van der Waals surface area contributed by atoms with E-state index in [9.17, 15) is 8.42 Å². The minimum Gasteiger partial charge on any atom is -0.497 e. The number of methoxy groups -OCH3 is 2. The summed E-state index contributed by atoms with van der Waals surface area (Å²) in [5, 5.41) is 3.46. The number of anilines is 1. The van der Waals surface area contributed by atoms with Gasteiger partial charge in [-0.05, 0) is 35.9 Å². The molecular formula is C22H23Cl2N3O4S2. The third kappa shape index (κ3) is 5.38. The Balaban J connectivity index is 1.41. The van der Waals surface area contributed by atoms with Crippen LogP contribution in [-0.4, -0.2) is 58.1 Å². The minimum absolute atomic E-state index is 0.149. The van der Waals surface area contributed by atoms with E-state index in [1.807, 2.05) is 23.6 Å². The summed E-state index contributed by atoms with van der Waals surface area (Å²) in [5.74, 6) is 1.47. The Kier molecular flexibility index (Phi) is 7.35. The average molecular weight is 528 g/mol. The maximum atomic E-state index is 13.0. The number of ether oxygens (including phenoxy) is 2. The number of benzene rings is 2. The van der Waals surface area contributed by atoms with Crippen LogP contribution in [0.3, 0.4) is 0 Å². The van der Waals surface area contributed by atoms with Crippen molar-refractivity contribution in [3.05, 3.63) is 63.1 Å². The second kappa shape index (κ2) is 10.1. The van der Waals surface area contributed by atoms with Gasteiger partial charge in [-0.1, -0.05) is 23.2 Å². The molecule has 7 nitrogen and oxygen atoms in total. The summed E-state index contributed by atoms with van der Waals surface area (Å²) < 4.78 is 38.1. The molecule has 0 N–H and O–H groups in total. The molecule has 33 heavy (non-hydrogen) atoms. The summed E-state index contributed by atoms with van der Waals surface area (Å²) in [6.45, 7) is 1.84. The maximum Gasteiger partial charge on any atom is 0.243 e. The second-order valence-corrected chi connectivity index (χ2v) is 11.1. The quantitative estimate of drug-likeness (QED) is 0.448. The van der Waals surface area contributed by atoms with Gasteiger partial charge < -0.3 is 14.4 Å². The number of aromatic nitrogens is 1. The Morgan fingerprint density at radius 3 is 2.24 bits per heavy atom. The van der Waals surface area contributed by atoms with E-state index in [0.717, 1.165) is 27.9 Å². The van der Waals surface area contributed by atoms with E-state index in [-0.39, 0.29) is 9.92 Å². The molecular weight excluding hydrogens is 505 g/mol. The number of hydrogen-bond acceptors (Lipinski definition) is 7. The largest absolute Gasteiger partial charge is 0.497 e. The summed E-state index contributed by atoms with van der Waals surface area (Å²) >= 11 is 13.5. The van der Waals surface area contributed by atoms with Gasteiger partial charge in [-0.3, -0.25) is 0 Å². The highest BCUT2D eigenvalue weighted by Crippen LogP contribution is 2.29. The number of thiazole rings is 1. The van der Waals surface area contributed by atoms with Gasteiger partial charge in [0.1, 0.15) is 11.5 Å². The van der Waals surface area contributed by atoms with Crippen LogP contribution in [-0.2, 0) is 16.4 Å². The first-order chi connectivity index (χ1) is 15.8. The van der Waals surface area contributed by atoms with Crippen molar-refractivity contribution in [2.75, 3.05) is 45.3 Å². The first-order valence-electron chi connectivity index (χ1n) is 10.2. The predicted octanol–water partition coefficient (Wildman–Crippen LogP) is 4.57. The van der Waals surface area contributed by atoms with Crippen molar-refractivity contribution in [1.82, 2.24) is 9.29 Å². The van der Waals surface area contributed by atoms with Crippen molar-refractivity contribution in [2.24, 2.45) is 0 Å². The Morgan fingerprint density at radius 1 is 0.970 bits per heavy atom. The van der Waals surface area contributed by atoms with E-state index in [0.29, 0.717) is 37.6 Å². The molecule has 0 unspecified atom stereocenters. The Labute approximate surface area is 207 Å². The monoisotopic (exact) mass is 527 g/mol. The van der Waals surface area contributed by atoms with Crippen LogP contribution >= 0.6 is 34.5 Å². The number of rotatable bonds is 7. The van der Waals surface area contributed by atoms with Crippen molar-refractivity contribution in [3.63, 3.8) is 0 Å². The first kappa shape index (κ1) is 24.1. The van der Waals surface area contributed by atoms with E-state index >= 15 is 0 Å². The molecule has 3 aromatic rings. The van der Waals surface area contributed by atoms with Gasteiger partial charge in [0, 0.05) is 44.0 Å². The van der Waals surface area contributed by atoms with Crippen LogP contribution in [0.4, 0.5) is 5.13 Å². The molecule has 1 aliphatic rings. The molecule has 0 amide bonds. The number of hydrogen-bond donors (Lipinski definition) is 0. The molecule has 2 aromatic carbocycles. The molecule has 1 fully saturated rings. The lowest BCUT2D eigenvalue weighted by atomic mass is 10.1. The summed E-state index contributed by atoms with van der Waals surface area (Å²) in [5.41, 5.74) is 1.98. The van der Waals surface area contributed by atoms with Crippen molar-refractivity contribution in [1.29, 1.82) is 0 Å². The van der Waals surface area contributed by atoms with Gasteiger partial charge in [-0.15, -0.1) is 11.3 Å². The van der Waals surface area contributed by atoms with Gasteiger partial charge in [0.2, 0.25) is 10.0 Å². The number of piperazine rings is 1. The summed E-state index contributed by atoms with van der Waals surface area (Å²) in [6, 6.07) is 10.1. The average Bonchev–Trinajstić information content (AvgIpc) is 3.29. The second-order valence-electron chi connectivity index (χ2n) is 7.49. The van der Waals surface area contributed by atoms with Crippen molar-refractivity contribution >= 4 is 49.7 Å². The predicted molar refractivity (Wildman–Crippen MR) is 132 cm³/mol. The van der Waals surface area contributed by atoms with Crippen LogP contribution in [0.5, 0.6) is 11.5 Å². The molecule has 176 valence electrons. The highest BCUT2D eigenvalue weighted by atomic mass is 35.5. The molecule has 0 bridgehead atoms. The van der Waals surface area contributed by atoms with Crippen molar-refractivity contribution < 1.29 is 17.9 Å². The fourth-order valence-electron chi connectivity index (χ4n) is 3.61. The Bertz CT molecular complexity index is 1220. The van der Waals surface area contributed by atoms with Gasteiger partial charge in [-0.25, -0.2) is 13.4 Å². The molecule has 0 aliphatic carbocycles. The molecule has 1 saturated heterocycles. The van der Waals surface area contributed by atoms with Crippen LogP contribution in [0.2, 0.25) is 10.0 Å². The van der Waals surface area contributed by atoms with E-state index < -0.39 is 10.0 Å². The first-order valence-corrected chi connectivity index (χ1v) is 13.2. The van der Waals surface area contributed by atoms with Crippen LogP contribution in [0, 0.1) is 0 Å². The highest BCUT2D eigenvalue weighted by molar-refractivity contribution is 7.89.